The van der Waals surface area contributed by atoms with Crippen LogP contribution in [0.15, 0.2) is 42.5 Å². The van der Waals surface area contributed by atoms with Crippen molar-refractivity contribution in [3.8, 4) is 0 Å². The second kappa shape index (κ2) is 7.86. The zero-order valence-electron chi connectivity index (χ0n) is 11.2. The van der Waals surface area contributed by atoms with Crippen molar-refractivity contribution in [3.63, 3.8) is 0 Å². The lowest BCUT2D eigenvalue weighted by Crippen LogP contribution is -2.15. The number of carbonyl (C=O) groups is 2. The number of ketones is 2. The van der Waals surface area contributed by atoms with E-state index in [0.717, 1.165) is 16.3 Å². The van der Waals surface area contributed by atoms with E-state index in [4.69, 9.17) is 22.1 Å². The third-order valence-corrected chi connectivity index (χ3v) is 2.80. The molecule has 0 heterocycles. The fourth-order valence-electron chi connectivity index (χ4n) is 1.97. The van der Waals surface area contributed by atoms with Gasteiger partial charge in [-0.1, -0.05) is 30.3 Å². The van der Waals surface area contributed by atoms with Crippen LogP contribution in [0.5, 0.6) is 0 Å². The maximum absolute atomic E-state index is 11.7. The molecule has 2 aromatic carbocycles. The first-order chi connectivity index (χ1) is 10.6. The lowest BCUT2D eigenvalue weighted by Gasteiger charge is -2.09. The van der Waals surface area contributed by atoms with Gasteiger partial charge in [-0.2, -0.15) is 0 Å². The number of fused-ring (bicyclic) bond motifs is 2. The summed E-state index contributed by atoms with van der Waals surface area (Å²) in [5, 5.41) is 2.06. The van der Waals surface area contributed by atoms with Gasteiger partial charge in [0.25, 0.3) is 0 Å². The highest BCUT2D eigenvalue weighted by molar-refractivity contribution is 6.50. The monoisotopic (exact) mass is 293 g/mol. The minimum atomic E-state index is -0.442. The topological polar surface area (TPSA) is 153 Å². The molecule has 8 heteroatoms. The van der Waals surface area contributed by atoms with Crippen molar-refractivity contribution < 1.29 is 9.59 Å². The van der Waals surface area contributed by atoms with Crippen LogP contribution in [0.4, 0.5) is 0 Å². The molecule has 108 valence electrons. The summed E-state index contributed by atoms with van der Waals surface area (Å²) >= 11 is 0. The Kier molecular flexibility index (Phi) is 5.88. The largest absolute Gasteiger partial charge is 0.373 e. The van der Waals surface area contributed by atoms with Crippen LogP contribution in [0.1, 0.15) is 15.9 Å². The van der Waals surface area contributed by atoms with Crippen LogP contribution >= 0.6 is 0 Å². The van der Waals surface area contributed by atoms with Crippen LogP contribution in [-0.4, -0.2) is 11.6 Å². The molecule has 1 aliphatic rings. The van der Waals surface area contributed by atoms with Gasteiger partial charge in [0, 0.05) is 5.56 Å². The quantitative estimate of drug-likeness (QED) is 0.332. The number of hydrogen-bond acceptors (Lipinski definition) is 3. The van der Waals surface area contributed by atoms with Gasteiger partial charge in [0.2, 0.25) is 11.6 Å². The van der Waals surface area contributed by atoms with Crippen molar-refractivity contribution in [2.24, 2.45) is 0 Å². The van der Waals surface area contributed by atoms with Crippen molar-refractivity contribution in [3.05, 3.63) is 80.0 Å². The van der Waals surface area contributed by atoms with Gasteiger partial charge in [-0.15, -0.1) is 5.53 Å². The number of hydrogen-bond donors (Lipinski definition) is 1. The number of Topliss-reactive ketones (excluding diaryl/α,β-unsaturated/α-hetero) is 1. The molecule has 2 aromatic rings. The predicted octanol–water partition coefficient (Wildman–Crippen LogP) is 4.36. The number of carbonyl (C=O) groups excluding carboxylic acids is 2. The van der Waals surface area contributed by atoms with Crippen molar-refractivity contribution in [2.45, 2.75) is 0 Å². The van der Waals surface area contributed by atoms with E-state index in [1.54, 1.807) is 17.1 Å². The van der Waals surface area contributed by atoms with Gasteiger partial charge in [-0.3, -0.25) is 14.5 Å². The average Bonchev–Trinajstić information content (AvgIpc) is 2.51. The summed E-state index contributed by atoms with van der Waals surface area (Å²) < 4.78 is 0. The molecule has 0 fully saturated rings. The van der Waals surface area contributed by atoms with Crippen LogP contribution in [0.3, 0.4) is 0 Å². The third kappa shape index (κ3) is 3.71. The first kappa shape index (κ1) is 16.5. The lowest BCUT2D eigenvalue weighted by molar-refractivity contribution is -0.110. The van der Waals surface area contributed by atoms with E-state index in [1.165, 1.54) is 11.0 Å². The molecule has 8 nitrogen and oxygen atoms in total. The molecule has 0 aliphatic heterocycles. The van der Waals surface area contributed by atoms with Gasteiger partial charge in [-0.05, 0) is 45.0 Å². The molecular formula is C14H9N6O2-. The Bertz CT molecular complexity index is 816. The third-order valence-electron chi connectivity index (χ3n) is 2.80. The maximum atomic E-state index is 11.7. The Hall–Kier alpha value is -3.60. The summed E-state index contributed by atoms with van der Waals surface area (Å²) in [6.45, 7) is 0. The minimum Gasteiger partial charge on any atom is -0.373 e. The molecule has 3 rings (SSSR count). The summed E-state index contributed by atoms with van der Waals surface area (Å²) in [6.07, 6.45) is 3.03. The molecule has 1 N–H and O–H groups in total. The highest BCUT2D eigenvalue weighted by Gasteiger charge is 2.20. The lowest BCUT2D eigenvalue weighted by atomic mass is 9.92. The standard InChI is InChI=1S/C14H8O2.HN3.N3/c15-13-6-5-11-7-9-3-1-2-4-10(9)8-12(11)14(13)16;2*1-3-2/h1-8H;1H;/q;;-1. The van der Waals surface area contributed by atoms with E-state index in [0.29, 0.717) is 5.56 Å². The summed E-state index contributed by atoms with van der Waals surface area (Å²) in [5.41, 5.74) is 27.1. The smallest absolute Gasteiger partial charge is 0.233 e. The average molecular weight is 293 g/mol. The van der Waals surface area contributed by atoms with Crippen LogP contribution < -0.4 is 0 Å². The molecule has 0 saturated heterocycles. The van der Waals surface area contributed by atoms with Gasteiger partial charge in [-0.25, -0.2) is 0 Å². The molecule has 0 aromatic heterocycles. The van der Waals surface area contributed by atoms with Gasteiger partial charge in [0.15, 0.2) is 0 Å². The SMILES string of the molecule is O=C1C=Cc2cc3ccccc3cc2C1=O.[N-]=[N+]=N.[N-]=[N+]=[N-]. The van der Waals surface area contributed by atoms with Crippen LogP contribution in [0.25, 0.3) is 43.3 Å². The summed E-state index contributed by atoms with van der Waals surface area (Å²) in [5.74, 6) is -0.856. The summed E-state index contributed by atoms with van der Waals surface area (Å²) in [4.78, 5) is 26.2. The fourth-order valence-corrected chi connectivity index (χ4v) is 1.97. The minimum absolute atomic E-state index is 0.414. The van der Waals surface area contributed by atoms with Crippen LogP contribution in [0, 0.1) is 5.53 Å². The first-order valence-corrected chi connectivity index (χ1v) is 5.87. The summed E-state index contributed by atoms with van der Waals surface area (Å²) in [7, 11) is 0. The van der Waals surface area contributed by atoms with E-state index in [9.17, 15) is 9.59 Å². The molecular weight excluding hydrogens is 284 g/mol. The van der Waals surface area contributed by atoms with Crippen molar-refractivity contribution >= 4 is 28.4 Å². The maximum Gasteiger partial charge on any atom is 0.233 e. The number of nitrogens with one attached hydrogen (secondary N) is 1. The van der Waals surface area contributed by atoms with Crippen LogP contribution in [0.2, 0.25) is 0 Å². The van der Waals surface area contributed by atoms with Crippen LogP contribution in [-0.2, 0) is 4.79 Å². The Labute approximate surface area is 124 Å². The molecule has 0 unspecified atom stereocenters. The van der Waals surface area contributed by atoms with E-state index in [2.05, 4.69) is 0 Å². The molecule has 22 heavy (non-hydrogen) atoms. The van der Waals surface area contributed by atoms with E-state index >= 15 is 0 Å². The zero-order valence-corrected chi connectivity index (χ0v) is 11.2. The molecule has 0 amide bonds. The van der Waals surface area contributed by atoms with E-state index in [1.807, 2.05) is 30.3 Å². The van der Waals surface area contributed by atoms with E-state index < -0.39 is 11.6 Å². The zero-order chi connectivity index (χ0) is 16.5. The molecule has 0 saturated carbocycles. The van der Waals surface area contributed by atoms with Crippen molar-refractivity contribution in [1.29, 1.82) is 5.53 Å². The Balaban J connectivity index is 0.000000353. The summed E-state index contributed by atoms with van der Waals surface area (Å²) in [6, 6.07) is 11.5. The van der Waals surface area contributed by atoms with Gasteiger partial charge in [0.05, 0.1) is 0 Å². The van der Waals surface area contributed by atoms with E-state index in [-0.39, 0.29) is 0 Å². The second-order valence-electron chi connectivity index (χ2n) is 4.00. The highest BCUT2D eigenvalue weighted by Crippen LogP contribution is 2.24. The van der Waals surface area contributed by atoms with Gasteiger partial charge >= 0.3 is 0 Å². The van der Waals surface area contributed by atoms with Gasteiger partial charge < -0.3 is 11.1 Å². The first-order valence-electron chi connectivity index (χ1n) is 5.87. The highest BCUT2D eigenvalue weighted by atomic mass is 16.2. The number of nitrogens with zero attached hydrogens (tertiary/aromatic N) is 5. The van der Waals surface area contributed by atoms with Crippen molar-refractivity contribution in [1.82, 2.24) is 0 Å². The molecule has 1 aliphatic carbocycles. The second-order valence-corrected chi connectivity index (χ2v) is 4.00. The normalized spacial score (nSPS) is 11.1. The fraction of sp³-hybridized carbons (Fsp3) is 0. The number of benzene rings is 2. The molecule has 0 radical (unpaired) electrons. The predicted molar refractivity (Wildman–Crippen MR) is 81.8 cm³/mol. The molecule has 0 atom stereocenters. The Morgan fingerprint density at radius 3 is 1.95 bits per heavy atom. The molecule has 0 spiro atoms. The number of allylic oxidation sites excluding steroid dienone is 1. The van der Waals surface area contributed by atoms with Gasteiger partial charge in [0.1, 0.15) is 0 Å². The Morgan fingerprint density at radius 1 is 0.909 bits per heavy atom. The Morgan fingerprint density at radius 2 is 1.41 bits per heavy atom. The molecule has 0 bridgehead atoms. The van der Waals surface area contributed by atoms with Crippen molar-refractivity contribution in [2.75, 3.05) is 0 Å². The number of rotatable bonds is 0.